The third-order valence-corrected chi connectivity index (χ3v) is 3.70. The molecule has 2 aromatic rings. The average molecular weight is 500 g/mol. The van der Waals surface area contributed by atoms with Gasteiger partial charge in [0.25, 0.3) is 0 Å². The van der Waals surface area contributed by atoms with E-state index in [9.17, 15) is 9.18 Å². The van der Waals surface area contributed by atoms with Crippen molar-refractivity contribution >= 4 is 35.8 Å². The number of carbonyl (C=O) groups is 1. The van der Waals surface area contributed by atoms with Gasteiger partial charge in [0.05, 0.1) is 13.1 Å². The van der Waals surface area contributed by atoms with E-state index in [1.165, 1.54) is 6.07 Å². The van der Waals surface area contributed by atoms with E-state index in [1.54, 1.807) is 36.4 Å². The monoisotopic (exact) mass is 500 g/mol. The number of primary amides is 1. The minimum atomic E-state index is -0.468. The zero-order valence-electron chi connectivity index (χ0n) is 15.9. The van der Waals surface area contributed by atoms with Crippen LogP contribution in [0.4, 0.5) is 4.39 Å². The lowest BCUT2D eigenvalue weighted by Gasteiger charge is -2.18. The molecule has 0 spiro atoms. The normalized spacial score (nSPS) is 11.9. The van der Waals surface area contributed by atoms with Gasteiger partial charge in [0.15, 0.2) is 17.5 Å². The Kier molecular flexibility index (Phi) is 10.3. The molecule has 0 aliphatic rings. The van der Waals surface area contributed by atoms with E-state index in [4.69, 9.17) is 10.5 Å². The first-order valence-electron chi connectivity index (χ1n) is 8.81. The number of nitrogens with zero attached hydrogens (tertiary/aromatic N) is 1. The Morgan fingerprint density at radius 3 is 2.64 bits per heavy atom. The molecule has 1 atom stereocenters. The van der Waals surface area contributed by atoms with Crippen molar-refractivity contribution in [2.24, 2.45) is 10.7 Å². The number of ether oxygens (including phenoxy) is 1. The molecule has 0 heterocycles. The van der Waals surface area contributed by atoms with Crippen LogP contribution < -0.4 is 21.1 Å². The maximum atomic E-state index is 13.7. The molecule has 0 bridgehead atoms. The second kappa shape index (κ2) is 12.2. The summed E-state index contributed by atoms with van der Waals surface area (Å²) in [7, 11) is 0. The number of hydrogen-bond donors (Lipinski definition) is 3. The van der Waals surface area contributed by atoms with Gasteiger partial charge in [-0.3, -0.25) is 4.79 Å². The van der Waals surface area contributed by atoms with Gasteiger partial charge >= 0.3 is 0 Å². The lowest BCUT2D eigenvalue weighted by molar-refractivity contribution is 0.1000. The minimum absolute atomic E-state index is 0. The van der Waals surface area contributed by atoms with E-state index in [0.29, 0.717) is 31.2 Å². The first kappa shape index (κ1) is 23.7. The van der Waals surface area contributed by atoms with Crippen LogP contribution in [0.1, 0.15) is 29.8 Å². The topological polar surface area (TPSA) is 88.7 Å². The van der Waals surface area contributed by atoms with Crippen molar-refractivity contribution in [1.82, 2.24) is 10.6 Å². The molecule has 152 valence electrons. The Labute approximate surface area is 181 Å². The lowest BCUT2D eigenvalue weighted by atomic mass is 10.1. The highest BCUT2D eigenvalue weighted by Crippen LogP contribution is 2.16. The van der Waals surface area contributed by atoms with Crippen LogP contribution in [-0.4, -0.2) is 31.1 Å². The molecule has 0 saturated carbocycles. The molecule has 8 heteroatoms. The van der Waals surface area contributed by atoms with Gasteiger partial charge in [0.1, 0.15) is 6.10 Å². The van der Waals surface area contributed by atoms with E-state index in [0.717, 1.165) is 5.56 Å². The highest BCUT2D eigenvalue weighted by molar-refractivity contribution is 14.0. The van der Waals surface area contributed by atoms with Gasteiger partial charge < -0.3 is 21.1 Å². The number of guanidine groups is 1. The van der Waals surface area contributed by atoms with Crippen molar-refractivity contribution in [2.75, 3.05) is 13.1 Å². The summed E-state index contributed by atoms with van der Waals surface area (Å²) in [6.07, 6.45) is -0.260. The number of nitrogens with two attached hydrogens (primary N) is 1. The Balaban J connectivity index is 0.00000392. The summed E-state index contributed by atoms with van der Waals surface area (Å²) in [6.45, 7) is 5.33. The van der Waals surface area contributed by atoms with E-state index in [1.807, 2.05) is 19.9 Å². The zero-order chi connectivity index (χ0) is 19.6. The van der Waals surface area contributed by atoms with Crippen LogP contribution in [0.5, 0.6) is 5.75 Å². The van der Waals surface area contributed by atoms with E-state index >= 15 is 0 Å². The molecular weight excluding hydrogens is 474 g/mol. The molecule has 6 nitrogen and oxygen atoms in total. The van der Waals surface area contributed by atoms with Crippen LogP contribution in [-0.2, 0) is 6.54 Å². The summed E-state index contributed by atoms with van der Waals surface area (Å²) >= 11 is 0. The molecule has 2 rings (SSSR count). The van der Waals surface area contributed by atoms with Crippen molar-refractivity contribution in [1.29, 1.82) is 0 Å². The molecule has 0 aliphatic carbocycles. The maximum Gasteiger partial charge on any atom is 0.248 e. The van der Waals surface area contributed by atoms with Crippen LogP contribution >= 0.6 is 24.0 Å². The van der Waals surface area contributed by atoms with Gasteiger partial charge in [-0.15, -0.1) is 24.0 Å². The third kappa shape index (κ3) is 7.71. The summed E-state index contributed by atoms with van der Waals surface area (Å²) in [5.41, 5.74) is 6.63. The third-order valence-electron chi connectivity index (χ3n) is 3.70. The molecule has 0 saturated heterocycles. The Hall–Kier alpha value is -2.36. The first-order valence-corrected chi connectivity index (χ1v) is 8.81. The van der Waals surface area contributed by atoms with Crippen LogP contribution in [0.3, 0.4) is 0 Å². The van der Waals surface area contributed by atoms with Gasteiger partial charge in [0.2, 0.25) is 5.91 Å². The molecule has 28 heavy (non-hydrogen) atoms. The van der Waals surface area contributed by atoms with Crippen LogP contribution in [0.15, 0.2) is 53.5 Å². The van der Waals surface area contributed by atoms with E-state index < -0.39 is 5.91 Å². The second-order valence-corrected chi connectivity index (χ2v) is 6.00. The average Bonchev–Trinajstić information content (AvgIpc) is 2.66. The molecule has 0 aliphatic heterocycles. The van der Waals surface area contributed by atoms with Gasteiger partial charge in [-0.05, 0) is 43.7 Å². The quantitative estimate of drug-likeness (QED) is 0.296. The van der Waals surface area contributed by atoms with E-state index in [2.05, 4.69) is 15.6 Å². The zero-order valence-corrected chi connectivity index (χ0v) is 18.3. The number of hydrogen-bond acceptors (Lipinski definition) is 3. The second-order valence-electron chi connectivity index (χ2n) is 6.00. The number of halogens is 2. The number of amides is 1. The number of nitrogens with one attached hydrogen (secondary N) is 2. The first-order chi connectivity index (χ1) is 13.0. The van der Waals surface area contributed by atoms with Gasteiger partial charge in [-0.2, -0.15) is 0 Å². The summed E-state index contributed by atoms with van der Waals surface area (Å²) in [6, 6.07) is 13.3. The van der Waals surface area contributed by atoms with Gasteiger partial charge in [0, 0.05) is 12.1 Å². The molecule has 0 aromatic heterocycles. The Morgan fingerprint density at radius 1 is 1.21 bits per heavy atom. The molecule has 4 N–H and O–H groups in total. The fraction of sp³-hybridized carbons (Fsp3) is 0.300. The number of para-hydroxylation sites is 1. The minimum Gasteiger partial charge on any atom is -0.486 e. The smallest absolute Gasteiger partial charge is 0.248 e. The summed E-state index contributed by atoms with van der Waals surface area (Å²) < 4.78 is 19.3. The van der Waals surface area contributed by atoms with Crippen molar-refractivity contribution in [2.45, 2.75) is 26.5 Å². The van der Waals surface area contributed by atoms with Crippen LogP contribution in [0.2, 0.25) is 0 Å². The number of carbonyl (C=O) groups excluding carboxylic acids is 1. The van der Waals surface area contributed by atoms with Crippen molar-refractivity contribution in [3.8, 4) is 5.75 Å². The highest BCUT2D eigenvalue weighted by Gasteiger charge is 2.09. The fourth-order valence-corrected chi connectivity index (χ4v) is 2.37. The predicted molar refractivity (Wildman–Crippen MR) is 120 cm³/mol. The SMILES string of the molecule is CCNC(=NCc1cccc(C(N)=O)c1)NCC(C)Oc1ccccc1F.I. The van der Waals surface area contributed by atoms with Crippen LogP contribution in [0, 0.1) is 5.82 Å². The van der Waals surface area contributed by atoms with E-state index in [-0.39, 0.29) is 41.6 Å². The number of benzene rings is 2. The number of rotatable bonds is 8. The lowest BCUT2D eigenvalue weighted by Crippen LogP contribution is -2.41. The highest BCUT2D eigenvalue weighted by atomic mass is 127. The standard InChI is InChI=1S/C20H25FN4O2.HI/c1-3-23-20(25-13-15-7-6-8-16(11-15)19(22)26)24-12-14(2)27-18-10-5-4-9-17(18)21;/h4-11,14H,3,12-13H2,1-2H3,(H2,22,26)(H2,23,24,25);1H. The Morgan fingerprint density at radius 2 is 1.96 bits per heavy atom. The molecule has 2 aromatic carbocycles. The van der Waals surface area contributed by atoms with Crippen molar-refractivity contribution < 1.29 is 13.9 Å². The molecule has 0 radical (unpaired) electrons. The van der Waals surface area contributed by atoms with Crippen molar-refractivity contribution in [3.05, 3.63) is 65.5 Å². The summed E-state index contributed by atoms with van der Waals surface area (Å²) in [4.78, 5) is 15.8. The summed E-state index contributed by atoms with van der Waals surface area (Å²) in [5.74, 6) is -0.0350. The number of aliphatic imine (C=N–C) groups is 1. The molecule has 1 unspecified atom stereocenters. The van der Waals surface area contributed by atoms with Crippen molar-refractivity contribution in [3.63, 3.8) is 0 Å². The predicted octanol–water partition coefficient (Wildman–Crippen LogP) is 3.07. The van der Waals surface area contributed by atoms with Crippen LogP contribution in [0.25, 0.3) is 0 Å². The summed E-state index contributed by atoms with van der Waals surface area (Å²) in [5, 5.41) is 6.31. The van der Waals surface area contributed by atoms with Gasteiger partial charge in [-0.25, -0.2) is 9.38 Å². The molecule has 0 fully saturated rings. The largest absolute Gasteiger partial charge is 0.486 e. The van der Waals surface area contributed by atoms with Gasteiger partial charge in [-0.1, -0.05) is 24.3 Å². The molecular formula is C20H26FIN4O2. The maximum absolute atomic E-state index is 13.7. The fourth-order valence-electron chi connectivity index (χ4n) is 2.37. The molecule has 1 amide bonds. The Bertz CT molecular complexity index is 801.